The van der Waals surface area contributed by atoms with Crippen LogP contribution < -0.4 is 20.5 Å². The van der Waals surface area contributed by atoms with E-state index in [1.165, 1.54) is 0 Å². The maximum Gasteiger partial charge on any atom is 0.341 e. The standard InChI is InChI=1S/C23H28N4O6S/c1-3-31-23(30)19-14(2)20(21(24)29)34-22(19)25-18(28)12-27-8-6-26(7-9-27)11-15-4-5-16-17(10-15)33-13-32-16/h4-5,10H,3,6-9,11-13H2,1-2H3,(H2,24,29)(H,25,28). The molecule has 3 heterocycles. The molecule has 1 saturated heterocycles. The second-order valence-corrected chi connectivity index (χ2v) is 9.15. The van der Waals surface area contributed by atoms with Crippen LogP contribution in [0.5, 0.6) is 11.5 Å². The molecule has 1 aromatic heterocycles. The van der Waals surface area contributed by atoms with Crippen molar-refractivity contribution < 1.29 is 28.6 Å². The molecule has 10 nitrogen and oxygen atoms in total. The zero-order valence-corrected chi connectivity index (χ0v) is 20.0. The molecule has 0 saturated carbocycles. The van der Waals surface area contributed by atoms with E-state index >= 15 is 0 Å². The fourth-order valence-corrected chi connectivity index (χ4v) is 5.12. The van der Waals surface area contributed by atoms with Gasteiger partial charge in [0.2, 0.25) is 12.7 Å². The second-order valence-electron chi connectivity index (χ2n) is 8.13. The van der Waals surface area contributed by atoms with Gasteiger partial charge in [-0.3, -0.25) is 19.4 Å². The van der Waals surface area contributed by atoms with Gasteiger partial charge >= 0.3 is 5.97 Å². The van der Waals surface area contributed by atoms with Gasteiger partial charge < -0.3 is 25.3 Å². The van der Waals surface area contributed by atoms with Gasteiger partial charge in [-0.2, -0.15) is 0 Å². The van der Waals surface area contributed by atoms with E-state index < -0.39 is 11.9 Å². The van der Waals surface area contributed by atoms with Crippen LogP contribution in [0.15, 0.2) is 18.2 Å². The van der Waals surface area contributed by atoms with E-state index in [4.69, 9.17) is 19.9 Å². The molecule has 1 fully saturated rings. The Morgan fingerprint density at radius 2 is 1.82 bits per heavy atom. The Labute approximate surface area is 201 Å². The number of anilines is 1. The summed E-state index contributed by atoms with van der Waals surface area (Å²) < 4.78 is 15.9. The molecule has 0 spiro atoms. The van der Waals surface area contributed by atoms with E-state index in [0.717, 1.165) is 61.1 Å². The van der Waals surface area contributed by atoms with Crippen LogP contribution in [-0.4, -0.2) is 73.7 Å². The highest BCUT2D eigenvalue weighted by Crippen LogP contribution is 2.34. The van der Waals surface area contributed by atoms with Gasteiger partial charge in [-0.15, -0.1) is 11.3 Å². The molecule has 3 N–H and O–H groups in total. The zero-order chi connectivity index (χ0) is 24.2. The molecule has 2 aliphatic heterocycles. The smallest absolute Gasteiger partial charge is 0.341 e. The lowest BCUT2D eigenvalue weighted by Gasteiger charge is -2.34. The Morgan fingerprint density at radius 1 is 1.12 bits per heavy atom. The second kappa shape index (κ2) is 10.4. The fourth-order valence-electron chi connectivity index (χ4n) is 4.06. The average Bonchev–Trinajstić information content (AvgIpc) is 3.39. The van der Waals surface area contributed by atoms with E-state index in [9.17, 15) is 14.4 Å². The minimum absolute atomic E-state index is 0.183. The molecule has 0 radical (unpaired) electrons. The van der Waals surface area contributed by atoms with E-state index in [0.29, 0.717) is 5.56 Å². The van der Waals surface area contributed by atoms with E-state index in [1.807, 2.05) is 18.2 Å². The number of rotatable bonds is 8. The van der Waals surface area contributed by atoms with E-state index in [1.54, 1.807) is 13.8 Å². The number of carbonyl (C=O) groups excluding carboxylic acids is 3. The quantitative estimate of drug-likeness (QED) is 0.540. The lowest BCUT2D eigenvalue weighted by molar-refractivity contribution is -0.117. The third-order valence-electron chi connectivity index (χ3n) is 5.78. The number of piperazine rings is 1. The largest absolute Gasteiger partial charge is 0.462 e. The molecule has 0 aliphatic carbocycles. The Kier molecular flexibility index (Phi) is 7.35. The normalized spacial score (nSPS) is 15.8. The van der Waals surface area contributed by atoms with Crippen LogP contribution in [-0.2, 0) is 16.1 Å². The third-order valence-corrected chi connectivity index (χ3v) is 7.00. The van der Waals surface area contributed by atoms with Crippen LogP contribution in [0.3, 0.4) is 0 Å². The van der Waals surface area contributed by atoms with Gasteiger partial charge in [0.1, 0.15) is 5.00 Å². The molecule has 2 aromatic rings. The summed E-state index contributed by atoms with van der Waals surface area (Å²) in [6.45, 7) is 7.85. The lowest BCUT2D eigenvalue weighted by atomic mass is 10.1. The number of carbonyl (C=O) groups is 3. The van der Waals surface area contributed by atoms with E-state index in [-0.39, 0.29) is 41.3 Å². The number of thiophene rings is 1. The maximum atomic E-state index is 12.7. The minimum atomic E-state index is -0.646. The fraction of sp³-hybridized carbons (Fsp3) is 0.435. The molecular weight excluding hydrogens is 460 g/mol. The number of esters is 1. The van der Waals surface area contributed by atoms with Gasteiger partial charge in [-0.25, -0.2) is 4.79 Å². The van der Waals surface area contributed by atoms with Crippen molar-refractivity contribution in [1.82, 2.24) is 9.80 Å². The first-order chi connectivity index (χ1) is 16.4. The molecule has 2 amide bonds. The highest BCUT2D eigenvalue weighted by atomic mass is 32.1. The van der Waals surface area contributed by atoms with Crippen LogP contribution in [0.4, 0.5) is 5.00 Å². The van der Waals surface area contributed by atoms with Crippen LogP contribution in [0.2, 0.25) is 0 Å². The molecule has 34 heavy (non-hydrogen) atoms. The minimum Gasteiger partial charge on any atom is -0.462 e. The van der Waals surface area contributed by atoms with Crippen molar-refractivity contribution in [2.75, 3.05) is 51.4 Å². The summed E-state index contributed by atoms with van der Waals surface area (Å²) in [6, 6.07) is 5.98. The molecule has 182 valence electrons. The first-order valence-corrected chi connectivity index (χ1v) is 11.9. The number of primary amides is 1. The molecular formula is C23H28N4O6S. The van der Waals surface area contributed by atoms with Gasteiger partial charge in [-0.1, -0.05) is 6.07 Å². The van der Waals surface area contributed by atoms with Crippen molar-refractivity contribution in [3.05, 3.63) is 39.8 Å². The number of hydrogen-bond acceptors (Lipinski definition) is 9. The van der Waals surface area contributed by atoms with Crippen LogP contribution in [0.25, 0.3) is 0 Å². The average molecular weight is 489 g/mol. The molecule has 2 aliphatic rings. The highest BCUT2D eigenvalue weighted by Gasteiger charge is 2.27. The number of nitrogens with one attached hydrogen (secondary N) is 1. The van der Waals surface area contributed by atoms with Crippen LogP contribution in [0, 0.1) is 6.92 Å². The number of nitrogens with two attached hydrogens (primary N) is 1. The Balaban J connectivity index is 1.32. The summed E-state index contributed by atoms with van der Waals surface area (Å²) in [5, 5.41) is 3.07. The Hall–Kier alpha value is -3.15. The molecule has 1 aromatic carbocycles. The SMILES string of the molecule is CCOC(=O)c1c(NC(=O)CN2CCN(Cc3ccc4c(c3)OCO4)CC2)sc(C(N)=O)c1C. The van der Waals surface area contributed by atoms with Crippen molar-refractivity contribution in [1.29, 1.82) is 0 Å². The van der Waals surface area contributed by atoms with Crippen molar-refractivity contribution in [2.24, 2.45) is 5.73 Å². The highest BCUT2D eigenvalue weighted by molar-refractivity contribution is 7.18. The molecule has 0 bridgehead atoms. The molecule has 4 rings (SSSR count). The van der Waals surface area contributed by atoms with Crippen molar-refractivity contribution >= 4 is 34.1 Å². The van der Waals surface area contributed by atoms with Crippen molar-refractivity contribution in [3.63, 3.8) is 0 Å². The monoisotopic (exact) mass is 488 g/mol. The maximum absolute atomic E-state index is 12.7. The van der Waals surface area contributed by atoms with Gasteiger partial charge in [-0.05, 0) is 37.1 Å². The zero-order valence-electron chi connectivity index (χ0n) is 19.2. The topological polar surface area (TPSA) is 123 Å². The van der Waals surface area contributed by atoms with Gasteiger partial charge in [0.25, 0.3) is 5.91 Å². The van der Waals surface area contributed by atoms with Gasteiger partial charge in [0, 0.05) is 32.7 Å². The third kappa shape index (κ3) is 5.32. The lowest BCUT2D eigenvalue weighted by Crippen LogP contribution is -2.48. The Bertz CT molecular complexity index is 1090. The number of benzene rings is 1. The summed E-state index contributed by atoms with van der Waals surface area (Å²) in [6.07, 6.45) is 0. The summed E-state index contributed by atoms with van der Waals surface area (Å²) >= 11 is 0.996. The summed E-state index contributed by atoms with van der Waals surface area (Å²) in [7, 11) is 0. The van der Waals surface area contributed by atoms with Crippen LogP contribution >= 0.6 is 11.3 Å². The first kappa shape index (κ1) is 24.0. The number of hydrogen-bond donors (Lipinski definition) is 2. The van der Waals surface area contributed by atoms with E-state index in [2.05, 4.69) is 15.1 Å². The molecule has 11 heteroatoms. The van der Waals surface area contributed by atoms with Gasteiger partial charge in [0.05, 0.1) is 23.6 Å². The molecule has 0 unspecified atom stereocenters. The van der Waals surface area contributed by atoms with Gasteiger partial charge in [0.15, 0.2) is 11.5 Å². The molecule has 0 atom stereocenters. The predicted molar refractivity (Wildman–Crippen MR) is 126 cm³/mol. The number of amides is 2. The number of fused-ring (bicyclic) bond motifs is 1. The predicted octanol–water partition coefficient (Wildman–Crippen LogP) is 1.82. The summed E-state index contributed by atoms with van der Waals surface area (Å²) in [4.78, 5) is 41.5. The Morgan fingerprint density at radius 3 is 2.53 bits per heavy atom. The first-order valence-electron chi connectivity index (χ1n) is 11.1. The number of ether oxygens (including phenoxy) is 3. The summed E-state index contributed by atoms with van der Waals surface area (Å²) in [5.74, 6) is 0.0585. The summed E-state index contributed by atoms with van der Waals surface area (Å²) in [5.41, 5.74) is 7.18. The van der Waals surface area contributed by atoms with Crippen molar-refractivity contribution in [2.45, 2.75) is 20.4 Å². The van der Waals surface area contributed by atoms with Crippen molar-refractivity contribution in [3.8, 4) is 11.5 Å². The number of nitrogens with zero attached hydrogens (tertiary/aromatic N) is 2. The van der Waals surface area contributed by atoms with Crippen LogP contribution in [0.1, 0.15) is 38.1 Å².